The second kappa shape index (κ2) is 8.12. The first-order chi connectivity index (χ1) is 10.3. The van der Waals surface area contributed by atoms with E-state index in [1.807, 2.05) is 27.7 Å². The Bertz CT molecular complexity index is 402. The van der Waals surface area contributed by atoms with E-state index >= 15 is 0 Å². The normalized spacial score (nSPS) is 33.4. The second-order valence-corrected chi connectivity index (χ2v) is 7.03. The summed E-state index contributed by atoms with van der Waals surface area (Å²) < 4.78 is 16.7. The first-order valence-corrected chi connectivity index (χ1v) is 8.22. The molecule has 3 N–H and O–H groups in total. The molecule has 7 heteroatoms. The number of carbonyl (C=O) groups excluding carboxylic acids is 1. The molecule has 0 aromatic heterocycles. The van der Waals surface area contributed by atoms with Crippen LogP contribution in [0.15, 0.2) is 0 Å². The van der Waals surface area contributed by atoms with Crippen molar-refractivity contribution in [2.45, 2.75) is 64.3 Å². The van der Waals surface area contributed by atoms with E-state index in [1.165, 1.54) is 0 Å². The van der Waals surface area contributed by atoms with Crippen LogP contribution in [0.2, 0.25) is 0 Å². The summed E-state index contributed by atoms with van der Waals surface area (Å²) in [7, 11) is 0. The Morgan fingerprint density at radius 1 is 1.43 bits per heavy atom. The number of amides is 1. The third-order valence-corrected chi connectivity index (χ3v) is 5.08. The molecule has 2 rings (SSSR count). The third-order valence-electron chi connectivity index (χ3n) is 5.08. The van der Waals surface area contributed by atoms with Gasteiger partial charge < -0.3 is 25.3 Å². The van der Waals surface area contributed by atoms with Crippen molar-refractivity contribution in [2.24, 2.45) is 11.1 Å². The highest BCUT2D eigenvalue weighted by atomic mass is 35.5. The summed E-state index contributed by atoms with van der Waals surface area (Å²) in [6.45, 7) is 10.4. The Morgan fingerprint density at radius 2 is 2.13 bits per heavy atom. The van der Waals surface area contributed by atoms with Crippen molar-refractivity contribution in [1.82, 2.24) is 5.32 Å². The molecule has 0 spiro atoms. The molecule has 0 aromatic rings. The fourth-order valence-electron chi connectivity index (χ4n) is 3.14. The molecule has 6 nitrogen and oxygen atoms in total. The lowest BCUT2D eigenvalue weighted by molar-refractivity contribution is -0.171. The van der Waals surface area contributed by atoms with Crippen molar-refractivity contribution in [3.63, 3.8) is 0 Å². The minimum atomic E-state index is -0.877. The van der Waals surface area contributed by atoms with Gasteiger partial charge in [-0.2, -0.15) is 0 Å². The summed E-state index contributed by atoms with van der Waals surface area (Å²) in [5.41, 5.74) is 5.11. The van der Waals surface area contributed by atoms with E-state index in [9.17, 15) is 4.79 Å². The van der Waals surface area contributed by atoms with Crippen LogP contribution in [0.4, 0.5) is 0 Å². The van der Waals surface area contributed by atoms with Crippen LogP contribution in [0, 0.1) is 5.41 Å². The Labute approximate surface area is 145 Å². The van der Waals surface area contributed by atoms with E-state index in [4.69, 9.17) is 19.9 Å². The molecule has 2 fully saturated rings. The summed E-state index contributed by atoms with van der Waals surface area (Å²) in [6.07, 6.45) is 1.66. The Hall–Kier alpha value is -0.400. The third kappa shape index (κ3) is 4.17. The van der Waals surface area contributed by atoms with Crippen LogP contribution < -0.4 is 11.1 Å². The van der Waals surface area contributed by atoms with E-state index < -0.39 is 5.54 Å². The SMILES string of the molecule is CCOC1CC(N)(C(=O)NC(C)COC2CCOC2)C1(C)C.Cl. The molecule has 4 unspecified atom stereocenters. The van der Waals surface area contributed by atoms with Crippen LogP contribution in [-0.4, -0.2) is 56.1 Å². The van der Waals surface area contributed by atoms with Gasteiger partial charge in [0.15, 0.2) is 0 Å². The Kier molecular flexibility index (Phi) is 7.29. The van der Waals surface area contributed by atoms with Gasteiger partial charge in [-0.3, -0.25) is 4.79 Å². The molecule has 136 valence electrons. The molecule has 0 bridgehead atoms. The van der Waals surface area contributed by atoms with Gasteiger partial charge in [0.2, 0.25) is 5.91 Å². The molecule has 1 saturated heterocycles. The molecule has 1 amide bonds. The van der Waals surface area contributed by atoms with Gasteiger partial charge in [-0.25, -0.2) is 0 Å². The standard InChI is InChI=1S/C16H30N2O4.ClH/c1-5-21-13-8-16(17,15(13,3)4)14(19)18-11(2)9-22-12-6-7-20-10-12;/h11-13H,5-10,17H2,1-4H3,(H,18,19);1H. The topological polar surface area (TPSA) is 82.8 Å². The Morgan fingerprint density at radius 3 is 2.65 bits per heavy atom. The number of nitrogens with one attached hydrogen (secondary N) is 1. The fourth-order valence-corrected chi connectivity index (χ4v) is 3.14. The van der Waals surface area contributed by atoms with Crippen LogP contribution in [0.25, 0.3) is 0 Å². The van der Waals surface area contributed by atoms with Gasteiger partial charge in [0.05, 0.1) is 25.4 Å². The predicted octanol–water partition coefficient (Wildman–Crippen LogP) is 1.25. The van der Waals surface area contributed by atoms with Crippen LogP contribution in [0.1, 0.15) is 40.5 Å². The van der Waals surface area contributed by atoms with Crippen molar-refractivity contribution in [2.75, 3.05) is 26.4 Å². The predicted molar refractivity (Wildman–Crippen MR) is 90.8 cm³/mol. The zero-order chi connectivity index (χ0) is 16.4. The van der Waals surface area contributed by atoms with E-state index in [1.54, 1.807) is 0 Å². The first kappa shape index (κ1) is 20.6. The minimum Gasteiger partial charge on any atom is -0.379 e. The summed E-state index contributed by atoms with van der Waals surface area (Å²) in [4.78, 5) is 12.5. The molecular weight excluding hydrogens is 320 g/mol. The summed E-state index contributed by atoms with van der Waals surface area (Å²) >= 11 is 0. The highest BCUT2D eigenvalue weighted by molar-refractivity contribution is 5.89. The van der Waals surface area contributed by atoms with Crippen molar-refractivity contribution in [3.8, 4) is 0 Å². The lowest BCUT2D eigenvalue weighted by Gasteiger charge is -2.57. The zero-order valence-electron chi connectivity index (χ0n) is 14.6. The first-order valence-electron chi connectivity index (χ1n) is 8.22. The van der Waals surface area contributed by atoms with Crippen LogP contribution in [-0.2, 0) is 19.0 Å². The number of rotatable bonds is 7. The number of halogens is 1. The number of hydrogen-bond acceptors (Lipinski definition) is 5. The van der Waals surface area contributed by atoms with Gasteiger partial charge in [0, 0.05) is 31.1 Å². The highest BCUT2D eigenvalue weighted by Gasteiger charge is 2.62. The summed E-state index contributed by atoms with van der Waals surface area (Å²) in [5, 5.41) is 2.98. The Balaban J connectivity index is 0.00000264. The van der Waals surface area contributed by atoms with Crippen molar-refractivity contribution >= 4 is 18.3 Å². The molecule has 1 saturated carbocycles. The van der Waals surface area contributed by atoms with Crippen molar-refractivity contribution in [3.05, 3.63) is 0 Å². The van der Waals surface area contributed by atoms with Crippen molar-refractivity contribution < 1.29 is 19.0 Å². The maximum atomic E-state index is 12.5. The van der Waals surface area contributed by atoms with E-state index in [2.05, 4.69) is 5.32 Å². The van der Waals surface area contributed by atoms with Gasteiger partial charge in [-0.05, 0) is 20.3 Å². The fraction of sp³-hybridized carbons (Fsp3) is 0.938. The number of nitrogens with two attached hydrogens (primary N) is 1. The zero-order valence-corrected chi connectivity index (χ0v) is 15.4. The van der Waals surface area contributed by atoms with Crippen LogP contribution in [0.5, 0.6) is 0 Å². The molecule has 1 aliphatic carbocycles. The molecule has 23 heavy (non-hydrogen) atoms. The average Bonchev–Trinajstić information content (AvgIpc) is 2.98. The maximum Gasteiger partial charge on any atom is 0.241 e. The smallest absolute Gasteiger partial charge is 0.241 e. The maximum absolute atomic E-state index is 12.5. The number of hydrogen-bond donors (Lipinski definition) is 2. The van der Waals surface area contributed by atoms with Crippen molar-refractivity contribution in [1.29, 1.82) is 0 Å². The number of carbonyl (C=O) groups is 1. The molecule has 0 radical (unpaired) electrons. The van der Waals surface area contributed by atoms with E-state index in [0.717, 1.165) is 13.0 Å². The van der Waals surface area contributed by atoms with Crippen LogP contribution >= 0.6 is 12.4 Å². The number of ether oxygens (including phenoxy) is 3. The van der Waals surface area contributed by atoms with Gasteiger partial charge >= 0.3 is 0 Å². The second-order valence-electron chi connectivity index (χ2n) is 7.03. The molecule has 0 aromatic carbocycles. The molecular formula is C16H31ClN2O4. The van der Waals surface area contributed by atoms with E-state index in [-0.39, 0.29) is 42.0 Å². The lowest BCUT2D eigenvalue weighted by Crippen LogP contribution is -2.76. The largest absolute Gasteiger partial charge is 0.379 e. The van der Waals surface area contributed by atoms with Gasteiger partial charge in [-0.15, -0.1) is 12.4 Å². The molecule has 2 aliphatic rings. The molecule has 1 aliphatic heterocycles. The van der Waals surface area contributed by atoms with E-state index in [0.29, 0.717) is 26.2 Å². The van der Waals surface area contributed by atoms with Crippen LogP contribution in [0.3, 0.4) is 0 Å². The highest BCUT2D eigenvalue weighted by Crippen LogP contribution is 2.49. The summed E-state index contributed by atoms with van der Waals surface area (Å²) in [6, 6.07) is -0.0736. The molecule has 1 heterocycles. The van der Waals surface area contributed by atoms with Gasteiger partial charge in [0.1, 0.15) is 5.54 Å². The minimum absolute atomic E-state index is 0. The van der Waals surface area contributed by atoms with Gasteiger partial charge in [0.25, 0.3) is 0 Å². The summed E-state index contributed by atoms with van der Waals surface area (Å²) in [5.74, 6) is -0.118. The lowest BCUT2D eigenvalue weighted by atomic mass is 9.54. The monoisotopic (exact) mass is 350 g/mol. The molecule has 4 atom stereocenters. The van der Waals surface area contributed by atoms with Gasteiger partial charge in [-0.1, -0.05) is 13.8 Å². The average molecular weight is 351 g/mol. The quantitative estimate of drug-likeness (QED) is 0.722.